The van der Waals surface area contributed by atoms with E-state index in [0.29, 0.717) is 18.8 Å². The van der Waals surface area contributed by atoms with Gasteiger partial charge in [0.25, 0.3) is 0 Å². The molecule has 0 heterocycles. The highest BCUT2D eigenvalue weighted by Crippen LogP contribution is 2.18. The average Bonchev–Trinajstić information content (AvgIpc) is 2.44. The van der Waals surface area contributed by atoms with E-state index in [2.05, 4.69) is 41.5 Å². The molecule has 0 radical (unpaired) electrons. The zero-order valence-corrected chi connectivity index (χ0v) is 16.1. The predicted molar refractivity (Wildman–Crippen MR) is 96.1 cm³/mol. The molecule has 0 spiro atoms. The summed E-state index contributed by atoms with van der Waals surface area (Å²) in [5, 5.41) is 0. The van der Waals surface area contributed by atoms with Gasteiger partial charge in [-0.15, -0.1) is 0 Å². The smallest absolute Gasteiger partial charge is 0.338 e. The first-order chi connectivity index (χ1) is 11.0. The third-order valence-corrected chi connectivity index (χ3v) is 3.04. The molecule has 0 unspecified atom stereocenters. The van der Waals surface area contributed by atoms with Crippen LogP contribution in [0, 0.1) is 17.8 Å². The van der Waals surface area contributed by atoms with Crippen LogP contribution in [0.15, 0.2) is 24.3 Å². The first-order valence-electron chi connectivity index (χ1n) is 8.43. The van der Waals surface area contributed by atoms with Gasteiger partial charge in [-0.1, -0.05) is 59.2 Å². The number of carbonyl (C=O) groups is 1. The van der Waals surface area contributed by atoms with Crippen molar-refractivity contribution in [3.63, 3.8) is 0 Å². The molecule has 0 bridgehead atoms. The van der Waals surface area contributed by atoms with Crippen LogP contribution in [0.25, 0.3) is 0 Å². The van der Waals surface area contributed by atoms with Gasteiger partial charge in [0.05, 0.1) is 18.8 Å². The standard InChI is InChI=1S/C20H32O4/c1-15-8-10-16(11-9-15)18(21)22-12-17(23-13-19(2,3)4)24-14-20(5,6)7/h8-11,17H,12-14H2,1-7H3. The Morgan fingerprint density at radius 1 is 0.917 bits per heavy atom. The van der Waals surface area contributed by atoms with Crippen LogP contribution in [0.2, 0.25) is 0 Å². The number of carbonyl (C=O) groups excluding carboxylic acids is 1. The van der Waals surface area contributed by atoms with Crippen molar-refractivity contribution < 1.29 is 19.0 Å². The Kier molecular flexibility index (Phi) is 7.43. The van der Waals surface area contributed by atoms with Crippen molar-refractivity contribution in [3.8, 4) is 0 Å². The monoisotopic (exact) mass is 336 g/mol. The minimum absolute atomic E-state index is 0.0182. The molecule has 24 heavy (non-hydrogen) atoms. The van der Waals surface area contributed by atoms with Gasteiger partial charge >= 0.3 is 5.97 Å². The Bertz CT molecular complexity index is 488. The molecule has 1 aromatic rings. The fourth-order valence-corrected chi connectivity index (χ4v) is 1.75. The highest BCUT2D eigenvalue weighted by atomic mass is 16.7. The Morgan fingerprint density at radius 3 is 1.79 bits per heavy atom. The summed E-state index contributed by atoms with van der Waals surface area (Å²) in [5.41, 5.74) is 1.67. The summed E-state index contributed by atoms with van der Waals surface area (Å²) in [4.78, 5) is 12.1. The van der Waals surface area contributed by atoms with Gasteiger partial charge in [-0.05, 0) is 29.9 Å². The summed E-state index contributed by atoms with van der Waals surface area (Å²) < 4.78 is 17.0. The molecule has 136 valence electrons. The van der Waals surface area contributed by atoms with Gasteiger partial charge in [0.1, 0.15) is 6.61 Å². The largest absolute Gasteiger partial charge is 0.457 e. The van der Waals surface area contributed by atoms with E-state index in [0.717, 1.165) is 5.56 Å². The number of hydrogen-bond acceptors (Lipinski definition) is 4. The lowest BCUT2D eigenvalue weighted by Crippen LogP contribution is -2.32. The highest BCUT2D eigenvalue weighted by molar-refractivity contribution is 5.89. The normalized spacial score (nSPS) is 12.5. The number of rotatable bonds is 7. The van der Waals surface area contributed by atoms with E-state index in [1.807, 2.05) is 19.1 Å². The highest BCUT2D eigenvalue weighted by Gasteiger charge is 2.21. The van der Waals surface area contributed by atoms with Crippen LogP contribution in [-0.4, -0.2) is 32.1 Å². The molecule has 1 rings (SSSR count). The van der Waals surface area contributed by atoms with Gasteiger partial charge in [0.15, 0.2) is 6.29 Å². The molecule has 0 aromatic heterocycles. The second kappa shape index (κ2) is 8.63. The SMILES string of the molecule is Cc1ccc(C(=O)OCC(OCC(C)(C)C)OCC(C)(C)C)cc1. The third-order valence-electron chi connectivity index (χ3n) is 3.04. The van der Waals surface area contributed by atoms with Crippen molar-refractivity contribution in [2.75, 3.05) is 19.8 Å². The van der Waals surface area contributed by atoms with E-state index < -0.39 is 6.29 Å². The van der Waals surface area contributed by atoms with Crippen LogP contribution in [-0.2, 0) is 14.2 Å². The van der Waals surface area contributed by atoms with Gasteiger partial charge < -0.3 is 14.2 Å². The summed E-state index contributed by atoms with van der Waals surface area (Å²) in [6, 6.07) is 7.30. The summed E-state index contributed by atoms with van der Waals surface area (Å²) in [7, 11) is 0. The van der Waals surface area contributed by atoms with Crippen LogP contribution in [0.5, 0.6) is 0 Å². The zero-order chi connectivity index (χ0) is 18.4. The maximum Gasteiger partial charge on any atom is 0.338 e. The van der Waals surface area contributed by atoms with Crippen molar-refractivity contribution in [2.45, 2.75) is 54.8 Å². The van der Waals surface area contributed by atoms with Gasteiger partial charge in [-0.2, -0.15) is 0 Å². The van der Waals surface area contributed by atoms with Gasteiger partial charge in [-0.3, -0.25) is 0 Å². The van der Waals surface area contributed by atoms with Crippen LogP contribution in [0.3, 0.4) is 0 Å². The van der Waals surface area contributed by atoms with Gasteiger partial charge in [0, 0.05) is 0 Å². The molecular weight excluding hydrogens is 304 g/mol. The first-order valence-corrected chi connectivity index (χ1v) is 8.43. The Labute approximate surface area is 146 Å². The summed E-state index contributed by atoms with van der Waals surface area (Å²) in [6.45, 7) is 15.7. The number of benzene rings is 1. The van der Waals surface area contributed by atoms with Crippen LogP contribution >= 0.6 is 0 Å². The predicted octanol–water partition coefficient (Wildman–Crippen LogP) is 4.60. The summed E-state index contributed by atoms with van der Waals surface area (Å²) in [5.74, 6) is -0.362. The molecule has 0 amide bonds. The Morgan fingerprint density at radius 2 is 1.38 bits per heavy atom. The average molecular weight is 336 g/mol. The molecule has 0 saturated heterocycles. The van der Waals surface area contributed by atoms with Crippen LogP contribution in [0.4, 0.5) is 0 Å². The van der Waals surface area contributed by atoms with Crippen molar-refractivity contribution in [2.24, 2.45) is 10.8 Å². The Hall–Kier alpha value is -1.39. The second-order valence-corrected chi connectivity index (χ2v) is 8.64. The van der Waals surface area contributed by atoms with E-state index in [9.17, 15) is 4.79 Å². The number of ether oxygens (including phenoxy) is 3. The molecule has 0 saturated carbocycles. The first kappa shape index (κ1) is 20.7. The van der Waals surface area contributed by atoms with E-state index in [1.165, 1.54) is 0 Å². The second-order valence-electron chi connectivity index (χ2n) is 8.64. The molecule has 4 heteroatoms. The van der Waals surface area contributed by atoms with Crippen molar-refractivity contribution in [3.05, 3.63) is 35.4 Å². The van der Waals surface area contributed by atoms with E-state index in [4.69, 9.17) is 14.2 Å². The van der Waals surface area contributed by atoms with E-state index in [1.54, 1.807) is 12.1 Å². The zero-order valence-electron chi connectivity index (χ0n) is 16.1. The minimum atomic E-state index is -0.558. The maximum absolute atomic E-state index is 12.1. The number of esters is 1. The fraction of sp³-hybridized carbons (Fsp3) is 0.650. The fourth-order valence-electron chi connectivity index (χ4n) is 1.75. The minimum Gasteiger partial charge on any atom is -0.457 e. The molecule has 1 aromatic carbocycles. The van der Waals surface area contributed by atoms with Crippen LogP contribution < -0.4 is 0 Å². The number of aryl methyl sites for hydroxylation is 1. The van der Waals surface area contributed by atoms with Crippen molar-refractivity contribution in [1.82, 2.24) is 0 Å². The molecule has 0 aliphatic heterocycles. The third kappa shape index (κ3) is 9.04. The molecule has 4 nitrogen and oxygen atoms in total. The topological polar surface area (TPSA) is 44.8 Å². The summed E-state index contributed by atoms with van der Waals surface area (Å²) >= 11 is 0. The van der Waals surface area contributed by atoms with Gasteiger partial charge in [-0.25, -0.2) is 4.79 Å². The van der Waals surface area contributed by atoms with E-state index in [-0.39, 0.29) is 23.4 Å². The quantitative estimate of drug-likeness (QED) is 0.539. The lowest BCUT2D eigenvalue weighted by Gasteiger charge is -2.27. The van der Waals surface area contributed by atoms with Crippen LogP contribution in [0.1, 0.15) is 57.5 Å². The molecule has 0 aliphatic rings. The molecule has 0 fully saturated rings. The lowest BCUT2D eigenvalue weighted by molar-refractivity contribution is -0.186. The number of hydrogen-bond donors (Lipinski definition) is 0. The van der Waals surface area contributed by atoms with E-state index >= 15 is 0 Å². The van der Waals surface area contributed by atoms with Crippen molar-refractivity contribution >= 4 is 5.97 Å². The summed E-state index contributed by atoms with van der Waals surface area (Å²) in [6.07, 6.45) is -0.558. The van der Waals surface area contributed by atoms with Gasteiger partial charge in [0.2, 0.25) is 0 Å². The lowest BCUT2D eigenvalue weighted by atomic mass is 9.98. The molecule has 0 aliphatic carbocycles. The molecular formula is C20H32O4. The Balaban J connectivity index is 2.59. The molecule has 0 atom stereocenters. The maximum atomic E-state index is 12.1. The van der Waals surface area contributed by atoms with Crippen molar-refractivity contribution in [1.29, 1.82) is 0 Å². The molecule has 0 N–H and O–H groups in total.